The molecule has 0 radical (unpaired) electrons. The molecule has 0 saturated carbocycles. The Morgan fingerprint density at radius 2 is 0.857 bits per heavy atom. The number of para-hydroxylation sites is 2. The number of fused-ring (bicyclic) bond motifs is 10. The third kappa shape index (κ3) is 4.84. The zero-order valence-corrected chi connectivity index (χ0v) is 29.9. The largest absolute Gasteiger partial charge is 0.456 e. The van der Waals surface area contributed by atoms with E-state index in [1.165, 1.54) is 21.5 Å². The third-order valence-corrected chi connectivity index (χ3v) is 11.1. The van der Waals surface area contributed by atoms with Gasteiger partial charge in [-0.2, -0.15) is 0 Å². The van der Waals surface area contributed by atoms with Gasteiger partial charge in [0.25, 0.3) is 0 Å². The van der Waals surface area contributed by atoms with Gasteiger partial charge in [-0.25, -0.2) is 15.0 Å². The summed E-state index contributed by atoms with van der Waals surface area (Å²) in [4.78, 5) is 15.4. The van der Waals surface area contributed by atoms with Gasteiger partial charge in [0.05, 0.1) is 5.56 Å². The number of nitrogens with zero attached hydrogens (tertiary/aromatic N) is 3. The molecule has 3 aromatic heterocycles. The van der Waals surface area contributed by atoms with Gasteiger partial charge in [-0.15, -0.1) is 0 Å². The van der Waals surface area contributed by atoms with Crippen molar-refractivity contribution in [2.75, 3.05) is 0 Å². The van der Waals surface area contributed by atoms with Gasteiger partial charge >= 0.3 is 0 Å². The standard InChI is InChI=1S/C51H29N3O2/c1-2-10-35-29-47-44(27-34(35)9-1)43-28-37(24-25-46(43)55-47)50-52-49(53-51(54-50)41-14-7-13-40-39-12-5-6-15-45(39)56-48(40)41)33-21-16-30(17-22-33)36-23-20-32-19-18-31-8-3-4-11-38(31)42(32)26-36/h1-29H. The second-order valence-electron chi connectivity index (χ2n) is 14.4. The maximum atomic E-state index is 6.47. The first-order valence-electron chi connectivity index (χ1n) is 18.7. The van der Waals surface area contributed by atoms with Crippen LogP contribution in [-0.2, 0) is 0 Å². The van der Waals surface area contributed by atoms with Gasteiger partial charge in [-0.1, -0.05) is 127 Å². The van der Waals surface area contributed by atoms with Crippen LogP contribution in [0.25, 0.3) is 121 Å². The number of aromatic nitrogens is 3. The Bertz CT molecular complexity index is 3540. The van der Waals surface area contributed by atoms with Gasteiger partial charge in [-0.05, 0) is 92.0 Å². The Morgan fingerprint density at radius 1 is 0.286 bits per heavy atom. The van der Waals surface area contributed by atoms with E-state index in [1.54, 1.807) is 0 Å². The average molecular weight is 716 g/mol. The van der Waals surface area contributed by atoms with Crippen LogP contribution in [-0.4, -0.2) is 15.0 Å². The first kappa shape index (κ1) is 30.8. The zero-order chi connectivity index (χ0) is 36.7. The molecule has 260 valence electrons. The lowest BCUT2D eigenvalue weighted by atomic mass is 9.97. The minimum atomic E-state index is 0.545. The van der Waals surface area contributed by atoms with Crippen LogP contribution < -0.4 is 0 Å². The maximum Gasteiger partial charge on any atom is 0.167 e. The Balaban J connectivity index is 1.02. The van der Waals surface area contributed by atoms with E-state index in [1.807, 2.05) is 42.5 Å². The van der Waals surface area contributed by atoms with Gasteiger partial charge in [-0.3, -0.25) is 0 Å². The molecule has 0 bridgehead atoms. The fraction of sp³-hybridized carbons (Fsp3) is 0. The Kier molecular flexibility index (Phi) is 6.56. The van der Waals surface area contributed by atoms with E-state index >= 15 is 0 Å². The van der Waals surface area contributed by atoms with E-state index in [-0.39, 0.29) is 0 Å². The summed E-state index contributed by atoms with van der Waals surface area (Å²) in [6.45, 7) is 0. The average Bonchev–Trinajstić information content (AvgIpc) is 3.83. The van der Waals surface area contributed by atoms with Gasteiger partial charge in [0.2, 0.25) is 0 Å². The highest BCUT2D eigenvalue weighted by Crippen LogP contribution is 2.38. The van der Waals surface area contributed by atoms with E-state index in [4.69, 9.17) is 23.8 Å². The number of benzene rings is 9. The van der Waals surface area contributed by atoms with Crippen molar-refractivity contribution in [3.63, 3.8) is 0 Å². The first-order valence-corrected chi connectivity index (χ1v) is 18.7. The summed E-state index contributed by atoms with van der Waals surface area (Å²) in [5, 5.41) is 11.4. The summed E-state index contributed by atoms with van der Waals surface area (Å²) < 4.78 is 12.8. The smallest absolute Gasteiger partial charge is 0.167 e. The van der Waals surface area contributed by atoms with Crippen molar-refractivity contribution < 1.29 is 8.83 Å². The fourth-order valence-corrected chi connectivity index (χ4v) is 8.27. The molecular formula is C51H29N3O2. The number of hydrogen-bond acceptors (Lipinski definition) is 5. The summed E-state index contributed by atoms with van der Waals surface area (Å²) in [7, 11) is 0. The molecule has 0 aliphatic rings. The molecule has 56 heavy (non-hydrogen) atoms. The van der Waals surface area contributed by atoms with Crippen LogP contribution in [0.2, 0.25) is 0 Å². The van der Waals surface area contributed by atoms with Crippen LogP contribution >= 0.6 is 0 Å². The van der Waals surface area contributed by atoms with E-state index in [0.717, 1.165) is 82.5 Å². The molecule has 9 aromatic carbocycles. The molecule has 0 amide bonds. The van der Waals surface area contributed by atoms with Gasteiger partial charge in [0.1, 0.15) is 22.3 Å². The molecule has 12 rings (SSSR count). The van der Waals surface area contributed by atoms with E-state index < -0.39 is 0 Å². The zero-order valence-electron chi connectivity index (χ0n) is 29.9. The van der Waals surface area contributed by atoms with Crippen molar-refractivity contribution in [1.29, 1.82) is 0 Å². The van der Waals surface area contributed by atoms with Crippen molar-refractivity contribution in [2.24, 2.45) is 0 Å². The molecule has 0 spiro atoms. The minimum Gasteiger partial charge on any atom is -0.456 e. The Morgan fingerprint density at radius 3 is 1.71 bits per heavy atom. The van der Waals surface area contributed by atoms with Crippen LogP contribution in [0.1, 0.15) is 0 Å². The van der Waals surface area contributed by atoms with Gasteiger partial charge in [0.15, 0.2) is 17.5 Å². The molecule has 3 heterocycles. The van der Waals surface area contributed by atoms with Crippen molar-refractivity contribution in [1.82, 2.24) is 15.0 Å². The normalized spacial score (nSPS) is 11.9. The summed E-state index contributed by atoms with van der Waals surface area (Å²) in [6.07, 6.45) is 0. The highest BCUT2D eigenvalue weighted by molar-refractivity contribution is 6.12. The lowest BCUT2D eigenvalue weighted by molar-refractivity contribution is 0.669. The predicted octanol–water partition coefficient (Wildman–Crippen LogP) is 13.8. The molecule has 5 heteroatoms. The van der Waals surface area contributed by atoms with Crippen LogP contribution in [0.5, 0.6) is 0 Å². The lowest BCUT2D eigenvalue weighted by Gasteiger charge is -2.10. The summed E-state index contributed by atoms with van der Waals surface area (Å²) in [6, 6.07) is 61.2. The maximum absolute atomic E-state index is 6.47. The number of rotatable bonds is 4. The van der Waals surface area contributed by atoms with Crippen molar-refractivity contribution in [3.8, 4) is 45.3 Å². The van der Waals surface area contributed by atoms with Gasteiger partial charge < -0.3 is 8.83 Å². The summed E-state index contributed by atoms with van der Waals surface area (Å²) in [5.41, 5.74) is 8.09. The molecule has 0 saturated heterocycles. The van der Waals surface area contributed by atoms with Crippen LogP contribution in [0.3, 0.4) is 0 Å². The minimum absolute atomic E-state index is 0.545. The van der Waals surface area contributed by atoms with E-state index in [9.17, 15) is 0 Å². The highest BCUT2D eigenvalue weighted by atomic mass is 16.3. The van der Waals surface area contributed by atoms with Crippen LogP contribution in [0, 0.1) is 0 Å². The SMILES string of the molecule is c1ccc2cc3c(cc2c1)oc1ccc(-c2nc(-c4ccc(-c5ccc6ccc7ccccc7c6c5)cc4)nc(-c4cccc5c4oc4ccccc45)n2)cc13. The summed E-state index contributed by atoms with van der Waals surface area (Å²) in [5.74, 6) is 1.70. The fourth-order valence-electron chi connectivity index (χ4n) is 8.27. The van der Waals surface area contributed by atoms with Crippen LogP contribution in [0.4, 0.5) is 0 Å². The Hall–Kier alpha value is -7.63. The molecule has 0 fully saturated rings. The number of furan rings is 2. The Labute approximate surface area is 320 Å². The van der Waals surface area contributed by atoms with Gasteiger partial charge in [0, 0.05) is 32.7 Å². The molecule has 0 N–H and O–H groups in total. The van der Waals surface area contributed by atoms with Crippen molar-refractivity contribution in [3.05, 3.63) is 176 Å². The molecule has 0 aliphatic carbocycles. The molecule has 0 aliphatic heterocycles. The first-order chi connectivity index (χ1) is 27.7. The van der Waals surface area contributed by atoms with Crippen molar-refractivity contribution in [2.45, 2.75) is 0 Å². The topological polar surface area (TPSA) is 65.0 Å². The second-order valence-corrected chi connectivity index (χ2v) is 14.4. The predicted molar refractivity (Wildman–Crippen MR) is 229 cm³/mol. The number of hydrogen-bond donors (Lipinski definition) is 0. The molecule has 5 nitrogen and oxygen atoms in total. The lowest BCUT2D eigenvalue weighted by Crippen LogP contribution is -2.00. The third-order valence-electron chi connectivity index (χ3n) is 11.1. The van der Waals surface area contributed by atoms with E-state index in [0.29, 0.717) is 17.5 Å². The molecular weight excluding hydrogens is 687 g/mol. The van der Waals surface area contributed by atoms with E-state index in [2.05, 4.69) is 133 Å². The second kappa shape index (κ2) is 11.9. The molecule has 12 aromatic rings. The molecule has 0 unspecified atom stereocenters. The quantitative estimate of drug-likeness (QED) is 0.170. The highest BCUT2D eigenvalue weighted by Gasteiger charge is 2.19. The molecule has 0 atom stereocenters. The van der Waals surface area contributed by atoms with Crippen LogP contribution in [0.15, 0.2) is 185 Å². The monoisotopic (exact) mass is 715 g/mol. The summed E-state index contributed by atoms with van der Waals surface area (Å²) >= 11 is 0. The van der Waals surface area contributed by atoms with Crippen molar-refractivity contribution >= 4 is 76.2 Å².